The zero-order valence-electron chi connectivity index (χ0n) is 13.7. The number of hydrogen-bond acceptors (Lipinski definition) is 5. The van der Waals surface area contributed by atoms with E-state index in [2.05, 4.69) is 59.0 Å². The average Bonchev–Trinajstić information content (AvgIpc) is 3.06. The van der Waals surface area contributed by atoms with Crippen molar-refractivity contribution in [3.63, 3.8) is 0 Å². The second kappa shape index (κ2) is 5.60. The van der Waals surface area contributed by atoms with Crippen molar-refractivity contribution >= 4 is 42.9 Å². The molecule has 26 heavy (non-hydrogen) atoms. The molecule has 4 heterocycles. The minimum Gasteiger partial charge on any atom is -0.363 e. The highest BCUT2D eigenvalue weighted by molar-refractivity contribution is 9.13. The maximum absolute atomic E-state index is 6.15. The molecule has 0 unspecified atom stereocenters. The Bertz CT molecular complexity index is 1030. The Morgan fingerprint density at radius 1 is 1.12 bits per heavy atom. The predicted octanol–water partition coefficient (Wildman–Crippen LogP) is 3.70. The highest BCUT2D eigenvalue weighted by atomic mass is 79.9. The van der Waals surface area contributed by atoms with E-state index in [1.807, 2.05) is 10.7 Å². The summed E-state index contributed by atoms with van der Waals surface area (Å²) in [4.78, 5) is 4.72. The third kappa shape index (κ3) is 2.27. The van der Waals surface area contributed by atoms with Crippen LogP contribution in [0.25, 0.3) is 11.0 Å². The number of nitrogens with zero attached hydrogens (tertiary/aromatic N) is 5. The van der Waals surface area contributed by atoms with Crippen LogP contribution < -0.4 is 0 Å². The van der Waals surface area contributed by atoms with Gasteiger partial charge < -0.3 is 9.47 Å². The number of aromatic nitrogens is 5. The number of imidazole rings is 1. The van der Waals surface area contributed by atoms with Crippen molar-refractivity contribution < 1.29 is 9.47 Å². The van der Waals surface area contributed by atoms with Crippen LogP contribution in [0.4, 0.5) is 0 Å². The highest BCUT2D eigenvalue weighted by Crippen LogP contribution is 2.43. The SMILES string of the molecule is Brc1cc2nc3n(c2cc1Br)[C@H]1OC[C@H](n2cc(C4CC4)nn2)[C@H]1OC3. The molecule has 1 saturated heterocycles. The van der Waals surface area contributed by atoms with Gasteiger partial charge in [0.2, 0.25) is 0 Å². The van der Waals surface area contributed by atoms with Crippen LogP contribution in [0, 0.1) is 0 Å². The molecule has 1 aliphatic carbocycles. The van der Waals surface area contributed by atoms with Gasteiger partial charge in [-0.25, -0.2) is 9.67 Å². The van der Waals surface area contributed by atoms with E-state index in [4.69, 9.17) is 14.5 Å². The molecule has 0 spiro atoms. The molecule has 6 rings (SSSR count). The van der Waals surface area contributed by atoms with Crippen LogP contribution in [0.2, 0.25) is 0 Å². The van der Waals surface area contributed by atoms with Crippen LogP contribution >= 0.6 is 31.9 Å². The van der Waals surface area contributed by atoms with Gasteiger partial charge >= 0.3 is 0 Å². The molecular formula is C17H15Br2N5O2. The second-order valence-electron chi connectivity index (χ2n) is 7.12. The first-order chi connectivity index (χ1) is 12.7. The molecule has 9 heteroatoms. The van der Waals surface area contributed by atoms with Gasteiger partial charge in [-0.15, -0.1) is 5.10 Å². The monoisotopic (exact) mass is 479 g/mol. The number of benzene rings is 1. The van der Waals surface area contributed by atoms with Gasteiger partial charge in [0.25, 0.3) is 0 Å². The van der Waals surface area contributed by atoms with Crippen LogP contribution in [0.1, 0.15) is 42.5 Å². The molecule has 0 amide bonds. The molecular weight excluding hydrogens is 466 g/mol. The van der Waals surface area contributed by atoms with Crippen molar-refractivity contribution in [2.24, 2.45) is 0 Å². The Labute approximate surface area is 165 Å². The van der Waals surface area contributed by atoms with Crippen molar-refractivity contribution in [2.45, 2.75) is 43.7 Å². The lowest BCUT2D eigenvalue weighted by Crippen LogP contribution is -2.35. The molecule has 0 N–H and O–H groups in total. The van der Waals surface area contributed by atoms with Gasteiger partial charge in [-0.2, -0.15) is 0 Å². The summed E-state index contributed by atoms with van der Waals surface area (Å²) in [5.41, 5.74) is 3.07. The molecule has 2 fully saturated rings. The van der Waals surface area contributed by atoms with E-state index in [0.717, 1.165) is 31.5 Å². The average molecular weight is 481 g/mol. The van der Waals surface area contributed by atoms with Crippen molar-refractivity contribution in [1.82, 2.24) is 24.5 Å². The largest absolute Gasteiger partial charge is 0.363 e. The van der Waals surface area contributed by atoms with Gasteiger partial charge in [-0.05, 0) is 56.8 Å². The summed E-state index contributed by atoms with van der Waals surface area (Å²) in [5.74, 6) is 1.48. The normalized spacial score (nSPS) is 27.7. The first-order valence-corrected chi connectivity index (χ1v) is 10.3. The smallest absolute Gasteiger partial charge is 0.164 e. The molecule has 134 valence electrons. The molecule has 2 aliphatic heterocycles. The van der Waals surface area contributed by atoms with Gasteiger partial charge in [-0.1, -0.05) is 5.21 Å². The van der Waals surface area contributed by atoms with Crippen LogP contribution in [0.5, 0.6) is 0 Å². The van der Waals surface area contributed by atoms with E-state index < -0.39 is 0 Å². The fourth-order valence-corrected chi connectivity index (χ4v) is 4.60. The molecule has 3 atom stereocenters. The van der Waals surface area contributed by atoms with E-state index >= 15 is 0 Å². The molecule has 0 radical (unpaired) electrons. The lowest BCUT2D eigenvalue weighted by atomic mass is 10.1. The van der Waals surface area contributed by atoms with Crippen LogP contribution in [0.3, 0.4) is 0 Å². The molecule has 3 aliphatic rings. The summed E-state index contributed by atoms with van der Waals surface area (Å²) in [5, 5.41) is 8.69. The molecule has 3 aromatic rings. The summed E-state index contributed by atoms with van der Waals surface area (Å²) in [6.07, 6.45) is 4.20. The van der Waals surface area contributed by atoms with Gasteiger partial charge in [0.15, 0.2) is 6.23 Å². The topological polar surface area (TPSA) is 67.0 Å². The maximum Gasteiger partial charge on any atom is 0.164 e. The number of fused-ring (bicyclic) bond motifs is 5. The lowest BCUT2D eigenvalue weighted by Gasteiger charge is -2.29. The van der Waals surface area contributed by atoms with E-state index in [1.54, 1.807) is 0 Å². The Balaban J connectivity index is 1.39. The van der Waals surface area contributed by atoms with Crippen LogP contribution in [0.15, 0.2) is 27.3 Å². The fourth-order valence-electron chi connectivity index (χ4n) is 3.93. The summed E-state index contributed by atoms with van der Waals surface area (Å²) >= 11 is 7.14. The minimum absolute atomic E-state index is 0.0319. The molecule has 1 aromatic carbocycles. The number of halogens is 2. The van der Waals surface area contributed by atoms with Gasteiger partial charge in [0.05, 0.1) is 23.3 Å². The van der Waals surface area contributed by atoms with Gasteiger partial charge in [0, 0.05) is 21.1 Å². The van der Waals surface area contributed by atoms with Gasteiger partial charge in [0.1, 0.15) is 24.6 Å². The van der Waals surface area contributed by atoms with E-state index in [1.165, 1.54) is 12.8 Å². The molecule has 0 bridgehead atoms. The Morgan fingerprint density at radius 3 is 2.81 bits per heavy atom. The van der Waals surface area contributed by atoms with E-state index in [9.17, 15) is 0 Å². The predicted molar refractivity (Wildman–Crippen MR) is 99.7 cm³/mol. The zero-order valence-corrected chi connectivity index (χ0v) is 16.9. The maximum atomic E-state index is 6.15. The number of rotatable bonds is 2. The first-order valence-electron chi connectivity index (χ1n) is 8.70. The Hall–Kier alpha value is -1.29. The zero-order chi connectivity index (χ0) is 17.4. The van der Waals surface area contributed by atoms with Crippen LogP contribution in [-0.2, 0) is 16.1 Å². The standard InChI is InChI=1S/C17H15Br2N5O2/c18-9-3-11-13(4-10(9)19)24-15(20-11)7-25-16-14(6-26-17(16)24)23-5-12(21-22-23)8-1-2-8/h3-5,8,14,16-17H,1-2,6-7H2/t14-,16+,17-/m0/s1. The molecule has 2 aromatic heterocycles. The third-order valence-corrected chi connectivity index (χ3v) is 7.27. The summed E-state index contributed by atoms with van der Waals surface area (Å²) in [7, 11) is 0. The summed E-state index contributed by atoms with van der Waals surface area (Å²) < 4.78 is 18.4. The number of ether oxygens (including phenoxy) is 2. The second-order valence-corrected chi connectivity index (χ2v) is 8.83. The number of hydrogen-bond donors (Lipinski definition) is 0. The van der Waals surface area contributed by atoms with Crippen molar-refractivity contribution in [2.75, 3.05) is 6.61 Å². The van der Waals surface area contributed by atoms with Gasteiger partial charge in [-0.3, -0.25) is 4.57 Å². The molecule has 1 saturated carbocycles. The summed E-state index contributed by atoms with van der Waals surface area (Å²) in [6.45, 7) is 1.02. The van der Waals surface area contributed by atoms with Crippen molar-refractivity contribution in [1.29, 1.82) is 0 Å². The minimum atomic E-state index is -0.199. The van der Waals surface area contributed by atoms with E-state index in [-0.39, 0.29) is 18.4 Å². The van der Waals surface area contributed by atoms with Crippen molar-refractivity contribution in [3.05, 3.63) is 38.8 Å². The van der Waals surface area contributed by atoms with E-state index in [0.29, 0.717) is 19.1 Å². The first kappa shape index (κ1) is 15.7. The Morgan fingerprint density at radius 2 is 1.96 bits per heavy atom. The third-order valence-electron chi connectivity index (χ3n) is 5.43. The Kier molecular flexibility index (Phi) is 3.39. The van der Waals surface area contributed by atoms with Crippen molar-refractivity contribution in [3.8, 4) is 0 Å². The quantitative estimate of drug-likeness (QED) is 0.559. The summed E-state index contributed by atoms with van der Waals surface area (Å²) in [6, 6.07) is 4.13. The fraction of sp³-hybridized carbons (Fsp3) is 0.471. The lowest BCUT2D eigenvalue weighted by molar-refractivity contribution is -0.0864. The molecule has 7 nitrogen and oxygen atoms in total. The highest BCUT2D eigenvalue weighted by Gasteiger charge is 2.45. The van der Waals surface area contributed by atoms with Crippen LogP contribution in [-0.4, -0.2) is 37.3 Å².